The molecule has 0 spiro atoms. The highest BCUT2D eigenvalue weighted by molar-refractivity contribution is 4.62. The lowest BCUT2D eigenvalue weighted by Gasteiger charge is -2.17. The second kappa shape index (κ2) is 6.44. The molecule has 2 unspecified atom stereocenters. The van der Waals surface area contributed by atoms with E-state index >= 15 is 0 Å². The molecule has 74 valence electrons. The topological polar surface area (TPSA) is 32.3 Å². The standard InChI is InChI=1S/C10H23NO/c1-8(2)10(4)6-11-5-9(3)7-12/h8-12H,5-7H2,1-4H3. The van der Waals surface area contributed by atoms with E-state index in [0.29, 0.717) is 5.92 Å². The highest BCUT2D eigenvalue weighted by atomic mass is 16.3. The molecule has 0 saturated carbocycles. The molecule has 0 aromatic rings. The van der Waals surface area contributed by atoms with Crippen molar-refractivity contribution in [3.8, 4) is 0 Å². The van der Waals surface area contributed by atoms with Gasteiger partial charge in [0.1, 0.15) is 0 Å². The molecule has 0 aromatic carbocycles. The molecule has 0 fully saturated rings. The summed E-state index contributed by atoms with van der Waals surface area (Å²) in [4.78, 5) is 0. The van der Waals surface area contributed by atoms with Gasteiger partial charge >= 0.3 is 0 Å². The largest absolute Gasteiger partial charge is 0.396 e. The third kappa shape index (κ3) is 5.56. The Labute approximate surface area is 76.4 Å². The monoisotopic (exact) mass is 173 g/mol. The SMILES string of the molecule is CC(CO)CNCC(C)C(C)C. The van der Waals surface area contributed by atoms with Gasteiger partial charge in [-0.25, -0.2) is 0 Å². The second-order valence-electron chi connectivity index (χ2n) is 4.17. The Morgan fingerprint density at radius 1 is 1.08 bits per heavy atom. The maximum atomic E-state index is 8.77. The van der Waals surface area contributed by atoms with Gasteiger partial charge in [0.25, 0.3) is 0 Å². The average Bonchev–Trinajstić information content (AvgIpc) is 2.03. The Kier molecular flexibility index (Phi) is 6.39. The minimum atomic E-state index is 0.281. The number of hydrogen-bond acceptors (Lipinski definition) is 2. The van der Waals surface area contributed by atoms with Gasteiger partial charge < -0.3 is 10.4 Å². The Balaban J connectivity index is 3.30. The molecule has 2 atom stereocenters. The van der Waals surface area contributed by atoms with Crippen molar-refractivity contribution in [1.29, 1.82) is 0 Å². The first-order chi connectivity index (χ1) is 5.57. The molecule has 0 radical (unpaired) electrons. The molecule has 2 heteroatoms. The van der Waals surface area contributed by atoms with Crippen LogP contribution in [0.25, 0.3) is 0 Å². The molecule has 0 aliphatic carbocycles. The minimum absolute atomic E-state index is 0.281. The van der Waals surface area contributed by atoms with Crippen molar-refractivity contribution < 1.29 is 5.11 Å². The van der Waals surface area contributed by atoms with Crippen molar-refractivity contribution in [2.45, 2.75) is 27.7 Å². The first kappa shape index (κ1) is 11.9. The van der Waals surface area contributed by atoms with Crippen LogP contribution in [0.15, 0.2) is 0 Å². The van der Waals surface area contributed by atoms with Gasteiger partial charge in [-0.2, -0.15) is 0 Å². The lowest BCUT2D eigenvalue weighted by molar-refractivity contribution is 0.230. The Morgan fingerprint density at radius 2 is 1.67 bits per heavy atom. The van der Waals surface area contributed by atoms with E-state index in [0.717, 1.165) is 24.9 Å². The van der Waals surface area contributed by atoms with Crippen LogP contribution in [0.2, 0.25) is 0 Å². The van der Waals surface area contributed by atoms with Crippen molar-refractivity contribution in [1.82, 2.24) is 5.32 Å². The highest BCUT2D eigenvalue weighted by Crippen LogP contribution is 2.07. The smallest absolute Gasteiger partial charge is 0.0468 e. The van der Waals surface area contributed by atoms with E-state index in [2.05, 4.69) is 26.1 Å². The zero-order valence-electron chi connectivity index (χ0n) is 8.80. The van der Waals surface area contributed by atoms with Crippen LogP contribution in [0, 0.1) is 17.8 Å². The summed E-state index contributed by atoms with van der Waals surface area (Å²) in [6.07, 6.45) is 0. The zero-order valence-corrected chi connectivity index (χ0v) is 8.80. The molecule has 0 amide bonds. The van der Waals surface area contributed by atoms with Crippen molar-refractivity contribution in [3.05, 3.63) is 0 Å². The molecule has 12 heavy (non-hydrogen) atoms. The van der Waals surface area contributed by atoms with E-state index < -0.39 is 0 Å². The molecular formula is C10H23NO. The number of hydrogen-bond donors (Lipinski definition) is 2. The fraction of sp³-hybridized carbons (Fsp3) is 1.00. The molecular weight excluding hydrogens is 150 g/mol. The van der Waals surface area contributed by atoms with Crippen LogP contribution in [0.3, 0.4) is 0 Å². The summed E-state index contributed by atoms with van der Waals surface area (Å²) >= 11 is 0. The molecule has 2 N–H and O–H groups in total. The number of rotatable bonds is 6. The predicted octanol–water partition coefficient (Wildman–Crippen LogP) is 1.50. The highest BCUT2D eigenvalue weighted by Gasteiger charge is 2.06. The van der Waals surface area contributed by atoms with Gasteiger partial charge in [0, 0.05) is 6.61 Å². The van der Waals surface area contributed by atoms with Crippen molar-refractivity contribution >= 4 is 0 Å². The average molecular weight is 173 g/mol. The summed E-state index contributed by atoms with van der Waals surface area (Å²) in [7, 11) is 0. The van der Waals surface area contributed by atoms with Gasteiger partial charge in [0.05, 0.1) is 0 Å². The second-order valence-corrected chi connectivity index (χ2v) is 4.17. The summed E-state index contributed by atoms with van der Waals surface area (Å²) in [6.45, 7) is 11.0. The van der Waals surface area contributed by atoms with Crippen LogP contribution in [-0.2, 0) is 0 Å². The Bertz CT molecular complexity index is 104. The molecule has 0 aliphatic rings. The predicted molar refractivity (Wildman–Crippen MR) is 53.1 cm³/mol. The van der Waals surface area contributed by atoms with E-state index in [1.54, 1.807) is 0 Å². The third-order valence-corrected chi connectivity index (χ3v) is 2.41. The normalized spacial score (nSPS) is 16.5. The van der Waals surface area contributed by atoms with Gasteiger partial charge in [0.15, 0.2) is 0 Å². The molecule has 2 nitrogen and oxygen atoms in total. The molecule has 0 heterocycles. The summed E-state index contributed by atoms with van der Waals surface area (Å²) in [6, 6.07) is 0. The van der Waals surface area contributed by atoms with Crippen LogP contribution < -0.4 is 5.32 Å². The maximum Gasteiger partial charge on any atom is 0.0468 e. The maximum absolute atomic E-state index is 8.77. The Hall–Kier alpha value is -0.0800. The van der Waals surface area contributed by atoms with E-state index in [9.17, 15) is 0 Å². The summed E-state index contributed by atoms with van der Waals surface area (Å²) in [5.41, 5.74) is 0. The van der Waals surface area contributed by atoms with Crippen LogP contribution in [0.1, 0.15) is 27.7 Å². The molecule has 0 bridgehead atoms. The minimum Gasteiger partial charge on any atom is -0.396 e. The summed E-state index contributed by atoms with van der Waals surface area (Å²) < 4.78 is 0. The van der Waals surface area contributed by atoms with E-state index in [1.807, 2.05) is 6.92 Å². The van der Waals surface area contributed by atoms with E-state index in [-0.39, 0.29) is 6.61 Å². The van der Waals surface area contributed by atoms with Crippen LogP contribution in [0.4, 0.5) is 0 Å². The zero-order chi connectivity index (χ0) is 9.56. The summed E-state index contributed by atoms with van der Waals surface area (Å²) in [5, 5.41) is 12.1. The van der Waals surface area contributed by atoms with Gasteiger partial charge in [-0.3, -0.25) is 0 Å². The van der Waals surface area contributed by atoms with Crippen LogP contribution >= 0.6 is 0 Å². The number of aliphatic hydroxyl groups excluding tert-OH is 1. The third-order valence-electron chi connectivity index (χ3n) is 2.41. The Morgan fingerprint density at radius 3 is 2.08 bits per heavy atom. The quantitative estimate of drug-likeness (QED) is 0.638. The number of nitrogens with one attached hydrogen (secondary N) is 1. The molecule has 0 rings (SSSR count). The van der Waals surface area contributed by atoms with E-state index in [4.69, 9.17) is 5.11 Å². The van der Waals surface area contributed by atoms with Crippen LogP contribution in [0.5, 0.6) is 0 Å². The van der Waals surface area contributed by atoms with Crippen molar-refractivity contribution in [3.63, 3.8) is 0 Å². The van der Waals surface area contributed by atoms with Gasteiger partial charge in [-0.15, -0.1) is 0 Å². The lowest BCUT2D eigenvalue weighted by atomic mass is 9.98. The first-order valence-corrected chi connectivity index (χ1v) is 4.89. The summed E-state index contributed by atoms with van der Waals surface area (Å²) in [5.74, 6) is 1.84. The lowest BCUT2D eigenvalue weighted by Crippen LogP contribution is -2.29. The van der Waals surface area contributed by atoms with Gasteiger partial charge in [0.2, 0.25) is 0 Å². The van der Waals surface area contributed by atoms with E-state index in [1.165, 1.54) is 0 Å². The van der Waals surface area contributed by atoms with Gasteiger partial charge in [-0.05, 0) is 30.8 Å². The fourth-order valence-electron chi connectivity index (χ4n) is 0.858. The molecule has 0 aromatic heterocycles. The number of aliphatic hydroxyl groups is 1. The fourth-order valence-corrected chi connectivity index (χ4v) is 0.858. The van der Waals surface area contributed by atoms with Crippen LogP contribution in [-0.4, -0.2) is 24.8 Å². The first-order valence-electron chi connectivity index (χ1n) is 4.89. The van der Waals surface area contributed by atoms with Crippen molar-refractivity contribution in [2.75, 3.05) is 19.7 Å². The molecule has 0 saturated heterocycles. The molecule has 0 aliphatic heterocycles. The van der Waals surface area contributed by atoms with Gasteiger partial charge in [-0.1, -0.05) is 27.7 Å². The van der Waals surface area contributed by atoms with Crippen molar-refractivity contribution in [2.24, 2.45) is 17.8 Å².